The molecule has 2 aromatic carbocycles. The van der Waals surface area contributed by atoms with Crippen LogP contribution in [0.4, 0.5) is 0 Å². The Hall–Kier alpha value is -2.79. The molecular weight excluding hydrogens is 428 g/mol. The van der Waals surface area contributed by atoms with Gasteiger partial charge in [0.25, 0.3) is 0 Å². The van der Waals surface area contributed by atoms with Gasteiger partial charge in [-0.05, 0) is 116 Å². The van der Waals surface area contributed by atoms with Crippen LogP contribution in [0, 0.1) is 24.7 Å². The predicted molar refractivity (Wildman–Crippen MR) is 132 cm³/mol. The van der Waals surface area contributed by atoms with Crippen molar-refractivity contribution >= 4 is 12.0 Å². The number of carboxylic acids is 1. The number of rotatable bonds is 8. The summed E-state index contributed by atoms with van der Waals surface area (Å²) < 4.78 is 17.1. The number of ether oxygens (including phenoxy) is 3. The lowest BCUT2D eigenvalue weighted by Gasteiger charge is -2.57. The number of aryl methyl sites for hydroxylation is 1. The SMILES string of the molecule is COCOc1ccc(C=CC(=O)O)cc1-c1cc(C23CC4CC(CC(C4)C2)C3)c(OC)cc1C. The zero-order chi connectivity index (χ0) is 23.9. The molecule has 0 aromatic heterocycles. The van der Waals surface area contributed by atoms with Crippen molar-refractivity contribution in [3.63, 3.8) is 0 Å². The molecule has 4 fully saturated rings. The lowest BCUT2D eigenvalue weighted by molar-refractivity contribution is -0.131. The highest BCUT2D eigenvalue weighted by Crippen LogP contribution is 2.62. The fourth-order valence-electron chi connectivity index (χ4n) is 7.27. The molecule has 0 atom stereocenters. The summed E-state index contributed by atoms with van der Waals surface area (Å²) in [6, 6.07) is 10.3. The maximum absolute atomic E-state index is 11.1. The molecule has 4 aliphatic carbocycles. The second kappa shape index (κ2) is 9.10. The van der Waals surface area contributed by atoms with E-state index in [0.29, 0.717) is 0 Å². The quantitative estimate of drug-likeness (QED) is 0.373. The zero-order valence-electron chi connectivity index (χ0n) is 20.3. The molecule has 0 amide bonds. The van der Waals surface area contributed by atoms with Crippen molar-refractivity contribution in [2.24, 2.45) is 17.8 Å². The highest BCUT2D eigenvalue weighted by Gasteiger charge is 2.52. The number of aliphatic carboxylic acids is 1. The minimum atomic E-state index is -0.967. The van der Waals surface area contributed by atoms with E-state index >= 15 is 0 Å². The lowest BCUT2D eigenvalue weighted by atomic mass is 9.48. The molecule has 0 unspecified atom stereocenters. The van der Waals surface area contributed by atoms with Gasteiger partial charge in [0.05, 0.1) is 7.11 Å². The average Bonchev–Trinajstić information content (AvgIpc) is 2.80. The molecule has 4 aliphatic rings. The summed E-state index contributed by atoms with van der Waals surface area (Å²) in [5.74, 6) is 3.26. The Morgan fingerprint density at radius 2 is 1.68 bits per heavy atom. The first kappa shape index (κ1) is 23.0. The van der Waals surface area contributed by atoms with Gasteiger partial charge in [-0.2, -0.15) is 0 Å². The van der Waals surface area contributed by atoms with Gasteiger partial charge in [0, 0.05) is 24.3 Å². The van der Waals surface area contributed by atoms with Crippen molar-refractivity contribution in [2.75, 3.05) is 21.0 Å². The fraction of sp³-hybridized carbons (Fsp3) is 0.483. The van der Waals surface area contributed by atoms with Crippen LogP contribution in [0.25, 0.3) is 17.2 Å². The van der Waals surface area contributed by atoms with E-state index in [1.165, 1.54) is 44.1 Å². The normalized spacial score (nSPS) is 27.3. The van der Waals surface area contributed by atoms with Gasteiger partial charge in [0.1, 0.15) is 11.5 Å². The molecule has 180 valence electrons. The number of methoxy groups -OCH3 is 2. The van der Waals surface area contributed by atoms with E-state index in [9.17, 15) is 4.79 Å². The van der Waals surface area contributed by atoms with Crippen LogP contribution in [0.15, 0.2) is 36.4 Å². The molecule has 4 saturated carbocycles. The summed E-state index contributed by atoms with van der Waals surface area (Å²) in [6.45, 7) is 2.25. The van der Waals surface area contributed by atoms with E-state index in [-0.39, 0.29) is 12.2 Å². The monoisotopic (exact) mass is 462 g/mol. The van der Waals surface area contributed by atoms with Crippen LogP contribution >= 0.6 is 0 Å². The van der Waals surface area contributed by atoms with Gasteiger partial charge in [-0.1, -0.05) is 6.07 Å². The summed E-state index contributed by atoms with van der Waals surface area (Å²) >= 11 is 0. The summed E-state index contributed by atoms with van der Waals surface area (Å²) in [4.78, 5) is 11.1. The van der Waals surface area contributed by atoms with Crippen molar-refractivity contribution in [2.45, 2.75) is 50.9 Å². The molecule has 5 heteroatoms. The Morgan fingerprint density at radius 3 is 2.26 bits per heavy atom. The van der Waals surface area contributed by atoms with Gasteiger partial charge in [-0.15, -0.1) is 0 Å². The smallest absolute Gasteiger partial charge is 0.328 e. The van der Waals surface area contributed by atoms with Crippen LogP contribution < -0.4 is 9.47 Å². The molecule has 0 spiro atoms. The molecule has 0 aliphatic heterocycles. The van der Waals surface area contributed by atoms with E-state index in [1.54, 1.807) is 20.3 Å². The second-order valence-corrected chi connectivity index (χ2v) is 10.5. The van der Waals surface area contributed by atoms with Crippen LogP contribution in [0.5, 0.6) is 11.5 Å². The predicted octanol–water partition coefficient (Wildman–Crippen LogP) is 6.22. The minimum Gasteiger partial charge on any atom is -0.496 e. The van der Waals surface area contributed by atoms with Gasteiger partial charge >= 0.3 is 5.97 Å². The van der Waals surface area contributed by atoms with Crippen LogP contribution in [-0.4, -0.2) is 32.1 Å². The van der Waals surface area contributed by atoms with Gasteiger partial charge in [0.2, 0.25) is 0 Å². The molecule has 5 nitrogen and oxygen atoms in total. The summed E-state index contributed by atoms with van der Waals surface area (Å²) in [6.07, 6.45) is 10.7. The minimum absolute atomic E-state index is 0.147. The third-order valence-corrected chi connectivity index (χ3v) is 8.20. The fourth-order valence-corrected chi connectivity index (χ4v) is 7.27. The van der Waals surface area contributed by atoms with E-state index in [2.05, 4.69) is 19.1 Å². The third-order valence-electron chi connectivity index (χ3n) is 8.20. The number of carbonyl (C=O) groups is 1. The maximum Gasteiger partial charge on any atom is 0.328 e. The number of carboxylic acid groups (broad SMARTS) is 1. The molecule has 6 rings (SSSR count). The van der Waals surface area contributed by atoms with Crippen LogP contribution in [0.1, 0.15) is 55.2 Å². The Bertz CT molecular complexity index is 1080. The van der Waals surface area contributed by atoms with Crippen LogP contribution in [0.2, 0.25) is 0 Å². The van der Waals surface area contributed by atoms with E-state index in [0.717, 1.165) is 57.6 Å². The van der Waals surface area contributed by atoms with E-state index in [1.807, 2.05) is 18.2 Å². The molecule has 0 heterocycles. The lowest BCUT2D eigenvalue weighted by Crippen LogP contribution is -2.48. The molecule has 0 radical (unpaired) electrons. The summed E-state index contributed by atoms with van der Waals surface area (Å²) in [5, 5.41) is 9.08. The first-order valence-corrected chi connectivity index (χ1v) is 12.3. The Balaban J connectivity index is 1.63. The standard InChI is InChI=1S/C29H34O5/c1-18-8-27(33-3)25(29-14-20-9-21(15-29)11-22(10-20)16-29)13-23(18)24-12-19(5-7-28(30)31)4-6-26(24)34-17-32-2/h4-8,12-13,20-22H,9-11,14-17H2,1-3H3,(H,30,31). The number of hydrogen-bond donors (Lipinski definition) is 1. The number of benzene rings is 2. The zero-order valence-corrected chi connectivity index (χ0v) is 20.3. The van der Waals surface area contributed by atoms with Gasteiger partial charge < -0.3 is 19.3 Å². The molecule has 1 N–H and O–H groups in total. The largest absolute Gasteiger partial charge is 0.496 e. The third kappa shape index (κ3) is 4.22. The Morgan fingerprint density at radius 1 is 1.00 bits per heavy atom. The first-order chi connectivity index (χ1) is 16.4. The summed E-state index contributed by atoms with van der Waals surface area (Å²) in [5.41, 5.74) is 5.48. The molecule has 0 saturated heterocycles. The van der Waals surface area contributed by atoms with Crippen LogP contribution in [0.3, 0.4) is 0 Å². The van der Waals surface area contributed by atoms with E-state index < -0.39 is 5.97 Å². The highest BCUT2D eigenvalue weighted by molar-refractivity contribution is 5.86. The van der Waals surface area contributed by atoms with Crippen molar-refractivity contribution in [1.29, 1.82) is 0 Å². The van der Waals surface area contributed by atoms with Crippen molar-refractivity contribution < 1.29 is 24.1 Å². The Kier molecular flexibility index (Phi) is 6.15. The first-order valence-electron chi connectivity index (χ1n) is 12.3. The van der Waals surface area contributed by atoms with Gasteiger partial charge in [-0.25, -0.2) is 4.79 Å². The molecule has 2 aromatic rings. The highest BCUT2D eigenvalue weighted by atomic mass is 16.7. The Labute approximate surface area is 201 Å². The molecule has 34 heavy (non-hydrogen) atoms. The molecule has 4 bridgehead atoms. The topological polar surface area (TPSA) is 65.0 Å². The van der Waals surface area contributed by atoms with Crippen molar-refractivity contribution in [3.05, 3.63) is 53.1 Å². The molecular formula is C29H34O5. The van der Waals surface area contributed by atoms with Crippen molar-refractivity contribution in [1.82, 2.24) is 0 Å². The maximum atomic E-state index is 11.1. The van der Waals surface area contributed by atoms with E-state index in [4.69, 9.17) is 19.3 Å². The van der Waals surface area contributed by atoms with Crippen LogP contribution in [-0.2, 0) is 14.9 Å². The second-order valence-electron chi connectivity index (χ2n) is 10.5. The van der Waals surface area contributed by atoms with Crippen molar-refractivity contribution in [3.8, 4) is 22.6 Å². The van der Waals surface area contributed by atoms with Gasteiger partial charge in [0.15, 0.2) is 6.79 Å². The average molecular weight is 463 g/mol. The van der Waals surface area contributed by atoms with Gasteiger partial charge in [-0.3, -0.25) is 0 Å². The number of hydrogen-bond acceptors (Lipinski definition) is 4. The summed E-state index contributed by atoms with van der Waals surface area (Å²) in [7, 11) is 3.39.